The number of hydrogen-bond acceptors (Lipinski definition) is 5. The first kappa shape index (κ1) is 16.1. The minimum Gasteiger partial charge on any atom is -0.394 e. The van der Waals surface area contributed by atoms with E-state index in [0.717, 1.165) is 19.3 Å². The van der Waals surface area contributed by atoms with Crippen LogP contribution in [0.2, 0.25) is 0 Å². The summed E-state index contributed by atoms with van der Waals surface area (Å²) in [5, 5.41) is 16.1. The van der Waals surface area contributed by atoms with E-state index in [1.165, 1.54) is 4.68 Å². The normalized spacial score (nSPS) is 12.4. The van der Waals surface area contributed by atoms with Crippen LogP contribution in [-0.4, -0.2) is 34.1 Å². The van der Waals surface area contributed by atoms with E-state index in [1.807, 2.05) is 0 Å². The van der Waals surface area contributed by atoms with Gasteiger partial charge in [-0.25, -0.2) is 4.68 Å². The van der Waals surface area contributed by atoms with Crippen LogP contribution in [0, 0.1) is 0 Å². The molecule has 19 heavy (non-hydrogen) atoms. The summed E-state index contributed by atoms with van der Waals surface area (Å²) in [5.74, 6) is 0. The van der Waals surface area contributed by atoms with Crippen LogP contribution in [0.5, 0.6) is 0 Å². The Morgan fingerprint density at radius 3 is 2.95 bits per heavy atom. The average molecular weight is 333 g/mol. The highest BCUT2D eigenvalue weighted by atomic mass is 79.9. The molecule has 0 radical (unpaired) electrons. The zero-order chi connectivity index (χ0) is 14.3. The van der Waals surface area contributed by atoms with Gasteiger partial charge in [-0.15, -0.1) is 0 Å². The van der Waals surface area contributed by atoms with Crippen molar-refractivity contribution in [3.05, 3.63) is 21.0 Å². The first-order valence-corrected chi connectivity index (χ1v) is 7.26. The number of nitrogens with zero attached hydrogens (tertiary/aromatic N) is 2. The highest BCUT2D eigenvalue weighted by Gasteiger charge is 2.12. The molecule has 108 valence electrons. The Labute approximate surface area is 121 Å². The topological polar surface area (TPSA) is 93.2 Å². The van der Waals surface area contributed by atoms with Crippen LogP contribution in [0.15, 0.2) is 15.5 Å². The average Bonchev–Trinajstić information content (AvgIpc) is 2.42. The van der Waals surface area contributed by atoms with E-state index in [4.69, 9.17) is 10.8 Å². The Morgan fingerprint density at radius 1 is 1.63 bits per heavy atom. The second-order valence-corrected chi connectivity index (χ2v) is 5.14. The lowest BCUT2D eigenvalue weighted by Crippen LogP contribution is -2.31. The SMILES string of the molecule is CCCCC(CN)Nc1cnn(CCO)c(=O)c1Br. The van der Waals surface area contributed by atoms with Crippen LogP contribution in [-0.2, 0) is 6.54 Å². The predicted octanol–water partition coefficient (Wildman–Crippen LogP) is 0.927. The minimum absolute atomic E-state index is 0.117. The molecule has 4 N–H and O–H groups in total. The zero-order valence-electron chi connectivity index (χ0n) is 11.1. The maximum Gasteiger partial charge on any atom is 0.283 e. The predicted molar refractivity (Wildman–Crippen MR) is 79.3 cm³/mol. The summed E-state index contributed by atoms with van der Waals surface area (Å²) < 4.78 is 1.64. The molecule has 0 saturated carbocycles. The third-order valence-electron chi connectivity index (χ3n) is 2.85. The fourth-order valence-electron chi connectivity index (χ4n) is 1.74. The number of aliphatic hydroxyl groups excluding tert-OH is 1. The maximum absolute atomic E-state index is 11.9. The molecule has 1 heterocycles. The summed E-state index contributed by atoms with van der Waals surface area (Å²) in [4.78, 5) is 11.9. The van der Waals surface area contributed by atoms with E-state index in [2.05, 4.69) is 33.3 Å². The van der Waals surface area contributed by atoms with Crippen LogP contribution in [0.25, 0.3) is 0 Å². The third-order valence-corrected chi connectivity index (χ3v) is 3.61. The van der Waals surface area contributed by atoms with Gasteiger partial charge in [-0.3, -0.25) is 4.79 Å². The minimum atomic E-state index is -0.259. The number of anilines is 1. The molecule has 6 nitrogen and oxygen atoms in total. The van der Waals surface area contributed by atoms with E-state index in [0.29, 0.717) is 16.7 Å². The van der Waals surface area contributed by atoms with Crippen LogP contribution in [0.3, 0.4) is 0 Å². The third kappa shape index (κ3) is 4.59. The Bertz CT molecular complexity index is 450. The van der Waals surface area contributed by atoms with Gasteiger partial charge in [0.05, 0.1) is 25.0 Å². The van der Waals surface area contributed by atoms with Gasteiger partial charge in [0.15, 0.2) is 0 Å². The van der Waals surface area contributed by atoms with Crippen molar-refractivity contribution in [3.8, 4) is 0 Å². The lowest BCUT2D eigenvalue weighted by molar-refractivity contribution is 0.266. The fourth-order valence-corrected chi connectivity index (χ4v) is 2.16. The molecular weight excluding hydrogens is 312 g/mol. The van der Waals surface area contributed by atoms with Crippen LogP contribution in [0.4, 0.5) is 5.69 Å². The summed E-state index contributed by atoms with van der Waals surface area (Å²) >= 11 is 3.27. The van der Waals surface area contributed by atoms with Crippen LogP contribution < -0.4 is 16.6 Å². The molecule has 0 bridgehead atoms. The van der Waals surface area contributed by atoms with Crippen molar-refractivity contribution >= 4 is 21.6 Å². The van der Waals surface area contributed by atoms with Crippen LogP contribution >= 0.6 is 15.9 Å². The molecule has 0 aromatic carbocycles. The molecule has 1 rings (SSSR count). The van der Waals surface area contributed by atoms with E-state index in [-0.39, 0.29) is 24.8 Å². The second kappa shape index (κ2) is 8.29. The highest BCUT2D eigenvalue weighted by molar-refractivity contribution is 9.10. The number of nitrogens with one attached hydrogen (secondary N) is 1. The summed E-state index contributed by atoms with van der Waals surface area (Å²) in [7, 11) is 0. The second-order valence-electron chi connectivity index (χ2n) is 4.34. The lowest BCUT2D eigenvalue weighted by Gasteiger charge is -2.18. The van der Waals surface area contributed by atoms with Gasteiger partial charge in [0.2, 0.25) is 0 Å². The maximum atomic E-state index is 11.9. The van der Waals surface area contributed by atoms with Crippen molar-refractivity contribution in [1.29, 1.82) is 0 Å². The number of aliphatic hydroxyl groups is 1. The molecule has 7 heteroatoms. The highest BCUT2D eigenvalue weighted by Crippen LogP contribution is 2.18. The molecule has 1 aromatic heterocycles. The zero-order valence-corrected chi connectivity index (χ0v) is 12.7. The molecule has 0 saturated heterocycles. The van der Waals surface area contributed by atoms with Gasteiger partial charge < -0.3 is 16.2 Å². The summed E-state index contributed by atoms with van der Waals surface area (Å²) in [6, 6.07) is 0.131. The molecule has 0 aliphatic rings. The Morgan fingerprint density at radius 2 is 2.37 bits per heavy atom. The molecule has 0 aliphatic heterocycles. The summed E-state index contributed by atoms with van der Waals surface area (Å²) in [6.07, 6.45) is 4.73. The van der Waals surface area contributed by atoms with Gasteiger partial charge >= 0.3 is 0 Å². The Balaban J connectivity index is 2.83. The van der Waals surface area contributed by atoms with Crippen molar-refractivity contribution in [3.63, 3.8) is 0 Å². The van der Waals surface area contributed by atoms with E-state index >= 15 is 0 Å². The number of halogens is 1. The van der Waals surface area contributed by atoms with Gasteiger partial charge in [-0.1, -0.05) is 19.8 Å². The van der Waals surface area contributed by atoms with Crippen molar-refractivity contribution in [2.24, 2.45) is 5.73 Å². The van der Waals surface area contributed by atoms with Crippen molar-refractivity contribution in [2.75, 3.05) is 18.5 Å². The molecule has 1 unspecified atom stereocenters. The summed E-state index contributed by atoms with van der Waals surface area (Å²) in [5.41, 5.74) is 6.10. The smallest absolute Gasteiger partial charge is 0.283 e. The Kier molecular flexibility index (Phi) is 7.04. The molecular formula is C12H21BrN4O2. The standard InChI is InChI=1S/C12H21BrN4O2/c1-2-3-4-9(7-14)16-10-8-15-17(5-6-18)12(19)11(10)13/h8-9,16,18H,2-7,14H2,1H3. The van der Waals surface area contributed by atoms with Gasteiger partial charge in [0, 0.05) is 12.6 Å². The fraction of sp³-hybridized carbons (Fsp3) is 0.667. The van der Waals surface area contributed by atoms with Crippen molar-refractivity contribution in [1.82, 2.24) is 9.78 Å². The van der Waals surface area contributed by atoms with E-state index in [9.17, 15) is 4.79 Å². The molecule has 0 amide bonds. The molecule has 1 aromatic rings. The van der Waals surface area contributed by atoms with E-state index in [1.54, 1.807) is 6.20 Å². The van der Waals surface area contributed by atoms with Crippen molar-refractivity contribution in [2.45, 2.75) is 38.8 Å². The number of unbranched alkanes of at least 4 members (excludes halogenated alkanes) is 1. The number of hydrogen-bond donors (Lipinski definition) is 3. The largest absolute Gasteiger partial charge is 0.394 e. The number of nitrogens with two attached hydrogens (primary N) is 1. The van der Waals surface area contributed by atoms with Gasteiger partial charge in [-0.2, -0.15) is 5.10 Å². The van der Waals surface area contributed by atoms with Crippen LogP contribution in [0.1, 0.15) is 26.2 Å². The van der Waals surface area contributed by atoms with Gasteiger partial charge in [0.1, 0.15) is 4.47 Å². The van der Waals surface area contributed by atoms with Crippen molar-refractivity contribution < 1.29 is 5.11 Å². The van der Waals surface area contributed by atoms with Gasteiger partial charge in [0.25, 0.3) is 5.56 Å². The quantitative estimate of drug-likeness (QED) is 0.658. The monoisotopic (exact) mass is 332 g/mol. The molecule has 1 atom stereocenters. The van der Waals surface area contributed by atoms with E-state index < -0.39 is 0 Å². The number of aromatic nitrogens is 2. The van der Waals surface area contributed by atoms with Gasteiger partial charge in [-0.05, 0) is 22.4 Å². The first-order chi connectivity index (χ1) is 9.13. The Hall–Kier alpha value is -0.920. The summed E-state index contributed by atoms with van der Waals surface area (Å²) in [6.45, 7) is 2.70. The molecule has 0 fully saturated rings. The number of rotatable bonds is 8. The lowest BCUT2D eigenvalue weighted by atomic mass is 10.1. The molecule has 0 spiro atoms. The first-order valence-electron chi connectivity index (χ1n) is 6.47. The molecule has 0 aliphatic carbocycles.